The van der Waals surface area contributed by atoms with Crippen molar-refractivity contribution in [1.29, 1.82) is 0 Å². The fourth-order valence-corrected chi connectivity index (χ4v) is 5.44. The number of aryl methyl sites for hydroxylation is 1. The number of aromatic nitrogens is 2. The van der Waals surface area contributed by atoms with Crippen LogP contribution in [0.5, 0.6) is 0 Å². The second-order valence-corrected chi connectivity index (χ2v) is 9.70. The van der Waals surface area contributed by atoms with Crippen LogP contribution in [-0.2, 0) is 19.4 Å². The van der Waals surface area contributed by atoms with Crippen LogP contribution in [0.1, 0.15) is 48.1 Å². The summed E-state index contributed by atoms with van der Waals surface area (Å²) in [5.74, 6) is 1.44. The maximum absolute atomic E-state index is 12.8. The summed E-state index contributed by atoms with van der Waals surface area (Å²) in [4.78, 5) is 25.2. The van der Waals surface area contributed by atoms with E-state index in [2.05, 4.69) is 71.0 Å². The molecule has 4 rings (SSSR count). The number of aromatic amines is 1. The fraction of sp³-hybridized carbons (Fsp3) is 0.429. The van der Waals surface area contributed by atoms with Gasteiger partial charge in [0.2, 0.25) is 0 Å². The van der Waals surface area contributed by atoms with E-state index in [1.807, 2.05) is 0 Å². The van der Waals surface area contributed by atoms with Crippen molar-refractivity contribution in [3.63, 3.8) is 0 Å². The van der Waals surface area contributed by atoms with E-state index in [0.717, 1.165) is 46.3 Å². The van der Waals surface area contributed by atoms with Gasteiger partial charge in [0.15, 0.2) is 0 Å². The Balaban J connectivity index is 1.63. The number of H-pyrrole nitrogens is 1. The Kier molecular flexibility index (Phi) is 5.23. The first-order valence-electron chi connectivity index (χ1n) is 9.41. The van der Waals surface area contributed by atoms with E-state index in [1.54, 1.807) is 11.3 Å². The Morgan fingerprint density at radius 1 is 1.37 bits per heavy atom. The van der Waals surface area contributed by atoms with Gasteiger partial charge in [0.1, 0.15) is 10.7 Å². The summed E-state index contributed by atoms with van der Waals surface area (Å²) in [5, 5.41) is 0.827. The quantitative estimate of drug-likeness (QED) is 0.609. The maximum atomic E-state index is 12.8. The normalized spacial score (nSPS) is 18.0. The molecule has 3 aromatic rings. The van der Waals surface area contributed by atoms with E-state index in [0.29, 0.717) is 5.92 Å². The van der Waals surface area contributed by atoms with Crippen LogP contribution < -0.4 is 5.56 Å². The zero-order valence-corrected chi connectivity index (χ0v) is 18.3. The Morgan fingerprint density at radius 2 is 2.11 bits per heavy atom. The van der Waals surface area contributed by atoms with Crippen molar-refractivity contribution in [3.8, 4) is 0 Å². The van der Waals surface area contributed by atoms with Gasteiger partial charge in [0.25, 0.3) is 5.56 Å². The molecule has 1 N–H and O–H groups in total. The molecule has 4 nitrogen and oxygen atoms in total. The van der Waals surface area contributed by atoms with Crippen LogP contribution in [-0.4, -0.2) is 21.9 Å². The molecule has 1 aliphatic rings. The van der Waals surface area contributed by atoms with Gasteiger partial charge in [-0.1, -0.05) is 35.0 Å². The molecule has 142 valence electrons. The number of halogens is 1. The van der Waals surface area contributed by atoms with Crippen LogP contribution >= 0.6 is 27.3 Å². The lowest BCUT2D eigenvalue weighted by molar-refractivity contribution is 0.244. The highest BCUT2D eigenvalue weighted by Crippen LogP contribution is 2.36. The first-order valence-corrected chi connectivity index (χ1v) is 11.0. The van der Waals surface area contributed by atoms with Crippen LogP contribution in [0, 0.1) is 5.92 Å². The molecule has 6 heteroatoms. The monoisotopic (exact) mass is 445 g/mol. The standard InChI is InChI=1S/C21H24BrN3OS/c1-12-4-9-16-17(10-12)27-21-18(16)20(26)23-19(24-21)13(2)25(3)11-14-5-7-15(22)8-6-14/h5-8,12-13H,4,9-11H2,1-3H3,(H,23,24,26). The van der Waals surface area contributed by atoms with Crippen molar-refractivity contribution < 1.29 is 0 Å². The Labute approximate surface area is 171 Å². The molecular formula is C21H24BrN3OS. The van der Waals surface area contributed by atoms with Crippen LogP contribution in [0.3, 0.4) is 0 Å². The smallest absolute Gasteiger partial charge is 0.259 e. The highest BCUT2D eigenvalue weighted by molar-refractivity contribution is 9.10. The van der Waals surface area contributed by atoms with Crippen molar-refractivity contribution in [3.05, 3.63) is 60.9 Å². The largest absolute Gasteiger partial charge is 0.309 e. The molecule has 0 aliphatic heterocycles. The van der Waals surface area contributed by atoms with Gasteiger partial charge in [-0.25, -0.2) is 4.98 Å². The summed E-state index contributed by atoms with van der Waals surface area (Å²) in [6, 6.07) is 8.36. The van der Waals surface area contributed by atoms with Crippen molar-refractivity contribution in [2.24, 2.45) is 5.92 Å². The van der Waals surface area contributed by atoms with Crippen LogP contribution in [0.15, 0.2) is 33.5 Å². The second kappa shape index (κ2) is 7.49. The lowest BCUT2D eigenvalue weighted by Crippen LogP contribution is -2.26. The van der Waals surface area contributed by atoms with Gasteiger partial charge in [0.05, 0.1) is 11.4 Å². The van der Waals surface area contributed by atoms with Gasteiger partial charge in [-0.05, 0) is 62.4 Å². The molecule has 2 unspecified atom stereocenters. The van der Waals surface area contributed by atoms with E-state index in [9.17, 15) is 4.79 Å². The summed E-state index contributed by atoms with van der Waals surface area (Å²) in [6.45, 7) is 5.18. The average Bonchev–Trinajstić information content (AvgIpc) is 3.00. The van der Waals surface area contributed by atoms with Crippen LogP contribution in [0.2, 0.25) is 0 Å². The third-order valence-electron chi connectivity index (χ3n) is 5.59. The molecule has 2 atom stereocenters. The average molecular weight is 446 g/mol. The summed E-state index contributed by atoms with van der Waals surface area (Å²) in [7, 11) is 2.07. The molecule has 27 heavy (non-hydrogen) atoms. The van der Waals surface area contributed by atoms with Gasteiger partial charge in [-0.15, -0.1) is 11.3 Å². The molecule has 0 saturated carbocycles. The minimum atomic E-state index is 0.0194. The van der Waals surface area contributed by atoms with E-state index >= 15 is 0 Å². The highest BCUT2D eigenvalue weighted by atomic mass is 79.9. The first-order chi connectivity index (χ1) is 12.9. The Morgan fingerprint density at radius 3 is 2.85 bits per heavy atom. The lowest BCUT2D eigenvalue weighted by Gasteiger charge is -2.24. The highest BCUT2D eigenvalue weighted by Gasteiger charge is 2.24. The van der Waals surface area contributed by atoms with E-state index < -0.39 is 0 Å². The van der Waals surface area contributed by atoms with Gasteiger partial charge in [-0.2, -0.15) is 0 Å². The zero-order valence-electron chi connectivity index (χ0n) is 15.9. The predicted octanol–water partition coefficient (Wildman–Crippen LogP) is 5.06. The van der Waals surface area contributed by atoms with Gasteiger partial charge >= 0.3 is 0 Å². The van der Waals surface area contributed by atoms with E-state index in [4.69, 9.17) is 4.98 Å². The Bertz CT molecular complexity index is 1020. The van der Waals surface area contributed by atoms with Gasteiger partial charge < -0.3 is 4.98 Å². The van der Waals surface area contributed by atoms with Crippen LogP contribution in [0.4, 0.5) is 0 Å². The molecule has 2 heterocycles. The SMILES string of the molecule is CC1CCc2c(sc3nc(C(C)N(C)Cc4ccc(Br)cc4)[nH]c(=O)c23)C1. The molecule has 0 saturated heterocycles. The predicted molar refractivity (Wildman–Crippen MR) is 115 cm³/mol. The van der Waals surface area contributed by atoms with Crippen molar-refractivity contribution >= 4 is 37.5 Å². The number of rotatable bonds is 4. The maximum Gasteiger partial charge on any atom is 0.259 e. The number of benzene rings is 1. The molecule has 0 bridgehead atoms. The summed E-state index contributed by atoms with van der Waals surface area (Å²) in [5.41, 5.74) is 2.49. The molecule has 0 spiro atoms. The first kappa shape index (κ1) is 18.8. The lowest BCUT2D eigenvalue weighted by atomic mass is 9.89. The molecule has 2 aromatic heterocycles. The number of hydrogen-bond donors (Lipinski definition) is 1. The summed E-state index contributed by atoms with van der Waals surface area (Å²) >= 11 is 5.19. The molecule has 0 radical (unpaired) electrons. The van der Waals surface area contributed by atoms with Crippen molar-refractivity contribution in [2.45, 2.75) is 45.7 Å². The molecular weight excluding hydrogens is 422 g/mol. The van der Waals surface area contributed by atoms with Gasteiger partial charge in [-0.3, -0.25) is 9.69 Å². The molecule has 1 aromatic carbocycles. The van der Waals surface area contributed by atoms with E-state index in [-0.39, 0.29) is 11.6 Å². The number of fused-ring (bicyclic) bond motifs is 3. The zero-order chi connectivity index (χ0) is 19.1. The summed E-state index contributed by atoms with van der Waals surface area (Å²) < 4.78 is 1.08. The number of nitrogens with one attached hydrogen (secondary N) is 1. The molecule has 0 amide bonds. The summed E-state index contributed by atoms with van der Waals surface area (Å²) in [6.07, 6.45) is 3.23. The van der Waals surface area contributed by atoms with Crippen molar-refractivity contribution in [2.75, 3.05) is 7.05 Å². The third-order valence-corrected chi connectivity index (χ3v) is 7.26. The minimum Gasteiger partial charge on any atom is -0.309 e. The number of hydrogen-bond acceptors (Lipinski definition) is 4. The molecule has 0 fully saturated rings. The van der Waals surface area contributed by atoms with E-state index in [1.165, 1.54) is 16.0 Å². The van der Waals surface area contributed by atoms with Crippen molar-refractivity contribution in [1.82, 2.24) is 14.9 Å². The number of thiophene rings is 1. The fourth-order valence-electron chi connectivity index (χ4n) is 3.79. The van der Waals surface area contributed by atoms with Crippen LogP contribution in [0.25, 0.3) is 10.2 Å². The second-order valence-electron chi connectivity index (χ2n) is 7.70. The topological polar surface area (TPSA) is 49.0 Å². The third kappa shape index (κ3) is 3.75. The number of nitrogens with zero attached hydrogens (tertiary/aromatic N) is 2. The molecule has 1 aliphatic carbocycles. The van der Waals surface area contributed by atoms with Gasteiger partial charge in [0, 0.05) is 15.9 Å². The Hall–Kier alpha value is -1.50. The minimum absolute atomic E-state index is 0.0194.